The molecule has 0 spiro atoms. The first-order chi connectivity index (χ1) is 14.0. The summed E-state index contributed by atoms with van der Waals surface area (Å²) >= 11 is 5.97. The number of carbonyl (C=O) groups is 1. The molecule has 1 heterocycles. The minimum absolute atomic E-state index is 0.110. The Balaban J connectivity index is 2.02. The van der Waals surface area contributed by atoms with Crippen molar-refractivity contribution in [1.82, 2.24) is 0 Å². The van der Waals surface area contributed by atoms with E-state index in [4.69, 9.17) is 11.6 Å². The average Bonchev–Trinajstić information content (AvgIpc) is 2.69. The normalized spacial score (nSPS) is 14.7. The van der Waals surface area contributed by atoms with Gasteiger partial charge in [-0.25, -0.2) is 17.6 Å². The molecule has 2 aromatic carbocycles. The summed E-state index contributed by atoms with van der Waals surface area (Å²) in [5.74, 6) is -11.2. The fourth-order valence-corrected chi connectivity index (χ4v) is 3.43. The smallest absolute Gasteiger partial charge is 0.371 e. The minimum Gasteiger partial charge on any atom is -0.371 e. The van der Waals surface area contributed by atoms with Gasteiger partial charge in [-0.3, -0.25) is 4.79 Å². The van der Waals surface area contributed by atoms with Crippen LogP contribution in [0.1, 0.15) is 35.2 Å². The quantitative estimate of drug-likeness (QED) is 0.445. The van der Waals surface area contributed by atoms with Crippen LogP contribution in [0.5, 0.6) is 0 Å². The summed E-state index contributed by atoms with van der Waals surface area (Å²) < 4.78 is 93.9. The Bertz CT molecular complexity index is 959. The second kappa shape index (κ2) is 8.33. The Morgan fingerprint density at radius 3 is 2.03 bits per heavy atom. The molecule has 1 aliphatic rings. The first-order valence-corrected chi connectivity index (χ1v) is 9.19. The van der Waals surface area contributed by atoms with E-state index in [1.54, 1.807) is 5.32 Å². The molecule has 0 aliphatic carbocycles. The molecule has 1 amide bonds. The van der Waals surface area contributed by atoms with Crippen molar-refractivity contribution in [3.05, 3.63) is 57.6 Å². The number of anilines is 2. The zero-order chi connectivity index (χ0) is 22.2. The number of hydrogen-bond acceptors (Lipinski definition) is 2. The number of alkyl halides is 3. The van der Waals surface area contributed by atoms with Gasteiger partial charge in [0, 0.05) is 18.1 Å². The zero-order valence-electron chi connectivity index (χ0n) is 15.1. The molecule has 0 atom stereocenters. The van der Waals surface area contributed by atoms with Gasteiger partial charge < -0.3 is 10.2 Å². The summed E-state index contributed by atoms with van der Waals surface area (Å²) in [4.78, 5) is 14.4. The number of hydrogen-bond donors (Lipinski definition) is 1. The predicted molar refractivity (Wildman–Crippen MR) is 96.7 cm³/mol. The highest BCUT2D eigenvalue weighted by atomic mass is 35.5. The molecule has 0 aromatic heterocycles. The summed E-state index contributed by atoms with van der Waals surface area (Å²) in [6.07, 6.45) is -3.05. The minimum atomic E-state index is -5.67. The summed E-state index contributed by atoms with van der Waals surface area (Å²) in [6.45, 7) is 1.15. The molecule has 11 heteroatoms. The molecule has 162 valence electrons. The van der Waals surface area contributed by atoms with Crippen LogP contribution in [-0.2, 0) is 6.18 Å². The van der Waals surface area contributed by atoms with Crippen molar-refractivity contribution in [3.63, 3.8) is 0 Å². The molecular formula is C19H14ClF7N2O. The highest BCUT2D eigenvalue weighted by Crippen LogP contribution is 2.39. The lowest BCUT2D eigenvalue weighted by atomic mass is 10.1. The average molecular weight is 455 g/mol. The van der Waals surface area contributed by atoms with Crippen LogP contribution in [0, 0.1) is 23.3 Å². The first-order valence-electron chi connectivity index (χ1n) is 8.81. The predicted octanol–water partition coefficient (Wildman–Crippen LogP) is 6.16. The molecule has 0 saturated carbocycles. The molecule has 2 aromatic rings. The molecule has 0 unspecified atom stereocenters. The van der Waals surface area contributed by atoms with Crippen LogP contribution in [0.3, 0.4) is 0 Å². The number of piperidine rings is 1. The molecule has 1 saturated heterocycles. The fraction of sp³-hybridized carbons (Fsp3) is 0.316. The highest BCUT2D eigenvalue weighted by Gasteiger charge is 2.42. The molecule has 1 fully saturated rings. The SMILES string of the molecule is O=C(Nc1c(F)c(F)c(C(F)(F)F)c(F)c1F)c1ccc(Cl)cc1N1CCCCC1. The van der Waals surface area contributed by atoms with E-state index in [0.717, 1.165) is 19.3 Å². The lowest BCUT2D eigenvalue weighted by molar-refractivity contribution is -0.143. The van der Waals surface area contributed by atoms with Gasteiger partial charge in [-0.2, -0.15) is 13.2 Å². The van der Waals surface area contributed by atoms with Gasteiger partial charge in [0.05, 0.1) is 11.3 Å². The molecule has 1 aliphatic heterocycles. The lowest BCUT2D eigenvalue weighted by Crippen LogP contribution is -2.31. The first kappa shape index (κ1) is 22.2. The molecule has 0 bridgehead atoms. The maximum absolute atomic E-state index is 14.1. The van der Waals surface area contributed by atoms with Crippen LogP contribution >= 0.6 is 11.6 Å². The van der Waals surface area contributed by atoms with Crippen molar-refractivity contribution < 1.29 is 35.5 Å². The van der Waals surface area contributed by atoms with Gasteiger partial charge >= 0.3 is 6.18 Å². The molecule has 1 N–H and O–H groups in total. The van der Waals surface area contributed by atoms with E-state index in [9.17, 15) is 35.5 Å². The number of amides is 1. The van der Waals surface area contributed by atoms with E-state index in [2.05, 4.69) is 0 Å². The van der Waals surface area contributed by atoms with Gasteiger partial charge in [0.15, 0.2) is 23.3 Å². The number of nitrogens with zero attached hydrogens (tertiary/aromatic N) is 1. The van der Waals surface area contributed by atoms with Crippen LogP contribution in [0.25, 0.3) is 0 Å². The number of benzene rings is 2. The lowest BCUT2D eigenvalue weighted by Gasteiger charge is -2.30. The summed E-state index contributed by atoms with van der Waals surface area (Å²) in [5.41, 5.74) is -4.15. The summed E-state index contributed by atoms with van der Waals surface area (Å²) in [7, 11) is 0. The standard InChI is InChI=1S/C19H14ClF7N2O/c20-9-4-5-10(11(8-9)29-6-2-1-3-7-29)18(30)28-17-15(23)13(21)12(19(25,26)27)14(22)16(17)24/h4-5,8H,1-3,6-7H2,(H,28,30). The van der Waals surface area contributed by atoms with Crippen molar-refractivity contribution in [2.45, 2.75) is 25.4 Å². The van der Waals surface area contributed by atoms with E-state index in [1.807, 2.05) is 4.90 Å². The van der Waals surface area contributed by atoms with Crippen molar-refractivity contribution in [3.8, 4) is 0 Å². The van der Waals surface area contributed by atoms with Crippen molar-refractivity contribution in [2.24, 2.45) is 0 Å². The summed E-state index contributed by atoms with van der Waals surface area (Å²) in [6, 6.07) is 4.02. The van der Waals surface area contributed by atoms with Crippen molar-refractivity contribution in [2.75, 3.05) is 23.3 Å². The van der Waals surface area contributed by atoms with E-state index >= 15 is 0 Å². The molecule has 30 heavy (non-hydrogen) atoms. The number of rotatable bonds is 3. The van der Waals surface area contributed by atoms with E-state index in [0.29, 0.717) is 18.8 Å². The Kier molecular flexibility index (Phi) is 6.16. The topological polar surface area (TPSA) is 32.3 Å². The Morgan fingerprint density at radius 1 is 0.933 bits per heavy atom. The van der Waals surface area contributed by atoms with E-state index < -0.39 is 46.6 Å². The third-order valence-corrected chi connectivity index (χ3v) is 4.92. The third kappa shape index (κ3) is 4.19. The second-order valence-corrected chi connectivity index (χ2v) is 7.10. The largest absolute Gasteiger partial charge is 0.422 e. The van der Waals surface area contributed by atoms with E-state index in [1.165, 1.54) is 18.2 Å². The van der Waals surface area contributed by atoms with Crippen LogP contribution in [0.15, 0.2) is 18.2 Å². The maximum Gasteiger partial charge on any atom is 0.422 e. The maximum atomic E-state index is 14.1. The Morgan fingerprint density at radius 2 is 1.50 bits per heavy atom. The van der Waals surface area contributed by atoms with Gasteiger partial charge in [-0.15, -0.1) is 0 Å². The van der Waals surface area contributed by atoms with Gasteiger partial charge in [0.1, 0.15) is 11.3 Å². The second-order valence-electron chi connectivity index (χ2n) is 6.67. The van der Waals surface area contributed by atoms with Crippen LogP contribution in [0.2, 0.25) is 5.02 Å². The van der Waals surface area contributed by atoms with Crippen LogP contribution in [0.4, 0.5) is 42.1 Å². The van der Waals surface area contributed by atoms with Crippen molar-refractivity contribution >= 4 is 28.9 Å². The van der Waals surface area contributed by atoms with Gasteiger partial charge in [0.2, 0.25) is 0 Å². The van der Waals surface area contributed by atoms with Gasteiger partial charge in [-0.1, -0.05) is 11.6 Å². The van der Waals surface area contributed by atoms with Gasteiger partial charge in [0.25, 0.3) is 5.91 Å². The van der Waals surface area contributed by atoms with Gasteiger partial charge in [-0.05, 0) is 37.5 Å². The molecule has 0 radical (unpaired) electrons. The zero-order valence-corrected chi connectivity index (χ0v) is 15.9. The van der Waals surface area contributed by atoms with Crippen LogP contribution in [-0.4, -0.2) is 19.0 Å². The monoisotopic (exact) mass is 454 g/mol. The van der Waals surface area contributed by atoms with Crippen molar-refractivity contribution in [1.29, 1.82) is 0 Å². The van der Waals surface area contributed by atoms with E-state index in [-0.39, 0.29) is 10.6 Å². The van der Waals surface area contributed by atoms with Crippen LogP contribution < -0.4 is 10.2 Å². The number of carbonyl (C=O) groups excluding carboxylic acids is 1. The highest BCUT2D eigenvalue weighted by molar-refractivity contribution is 6.31. The number of halogens is 8. The molecule has 3 rings (SSSR count). The molecule has 3 nitrogen and oxygen atoms in total. The fourth-order valence-electron chi connectivity index (χ4n) is 3.26. The molecular weight excluding hydrogens is 441 g/mol. The Hall–Kier alpha value is -2.49. The Labute approximate surface area is 171 Å². The summed E-state index contributed by atoms with van der Waals surface area (Å²) in [5, 5.41) is 1.92. The third-order valence-electron chi connectivity index (χ3n) is 4.69. The number of nitrogens with one attached hydrogen (secondary N) is 1.